The zero-order chi connectivity index (χ0) is 16.5. The summed E-state index contributed by atoms with van der Waals surface area (Å²) >= 11 is 0. The van der Waals surface area contributed by atoms with Gasteiger partial charge in [-0.3, -0.25) is 5.10 Å². The highest BCUT2D eigenvalue weighted by Crippen LogP contribution is 2.33. The minimum atomic E-state index is 0.235. The number of nitrogen functional groups attached to an aromatic ring is 1. The molecule has 6 nitrogen and oxygen atoms in total. The molecule has 124 valence electrons. The van der Waals surface area contributed by atoms with Crippen LogP contribution in [-0.4, -0.2) is 40.0 Å². The molecule has 6 heteroatoms. The quantitative estimate of drug-likeness (QED) is 0.688. The Balaban J connectivity index is 1.78. The van der Waals surface area contributed by atoms with Crippen LogP contribution in [0.25, 0.3) is 22.2 Å². The number of benzene rings is 1. The van der Waals surface area contributed by atoms with E-state index in [1.165, 1.54) is 0 Å². The van der Waals surface area contributed by atoms with Gasteiger partial charge in [0.1, 0.15) is 5.82 Å². The van der Waals surface area contributed by atoms with E-state index in [0.717, 1.165) is 53.8 Å². The van der Waals surface area contributed by atoms with E-state index in [2.05, 4.69) is 32.2 Å². The number of nitrogens with two attached hydrogens (primary N) is 1. The molecule has 1 fully saturated rings. The summed E-state index contributed by atoms with van der Waals surface area (Å²) in [5, 5.41) is 17.6. The Hall–Kier alpha value is -2.60. The Morgan fingerprint density at radius 2 is 2.21 bits per heavy atom. The molecule has 1 aliphatic rings. The number of aliphatic hydroxyl groups is 1. The molecule has 3 aromatic rings. The first-order valence-electron chi connectivity index (χ1n) is 8.30. The number of aliphatic hydroxyl groups excluding tert-OH is 1. The van der Waals surface area contributed by atoms with Gasteiger partial charge in [0.25, 0.3) is 0 Å². The van der Waals surface area contributed by atoms with Crippen LogP contribution in [0.15, 0.2) is 36.5 Å². The summed E-state index contributed by atoms with van der Waals surface area (Å²) in [6, 6.07) is 10.1. The fraction of sp³-hybridized carbons (Fsp3) is 0.333. The van der Waals surface area contributed by atoms with E-state index in [-0.39, 0.29) is 6.61 Å². The number of aromatic amines is 1. The van der Waals surface area contributed by atoms with Crippen molar-refractivity contribution in [2.24, 2.45) is 5.92 Å². The van der Waals surface area contributed by atoms with Gasteiger partial charge in [0.2, 0.25) is 0 Å². The van der Waals surface area contributed by atoms with Gasteiger partial charge in [0.15, 0.2) is 0 Å². The summed E-state index contributed by atoms with van der Waals surface area (Å²) in [7, 11) is 0. The third kappa shape index (κ3) is 2.69. The number of H-pyrrole nitrogens is 1. The number of pyridine rings is 1. The minimum absolute atomic E-state index is 0.235. The summed E-state index contributed by atoms with van der Waals surface area (Å²) in [5.74, 6) is 0.845. The standard InChI is InChI=1S/C18H21N5O/c19-18-9-17(23-7-1-2-12(10-23)11-24)14-4-3-13(8-16(14)21-18)15-5-6-20-22-15/h3-6,8-9,12,24H,1-2,7,10-11H2,(H2,19,21)(H,20,22). The maximum Gasteiger partial charge on any atom is 0.126 e. The maximum absolute atomic E-state index is 9.49. The van der Waals surface area contributed by atoms with Crippen LogP contribution in [0, 0.1) is 5.92 Å². The Bertz CT molecular complexity index is 846. The number of rotatable bonds is 3. The molecule has 0 bridgehead atoms. The zero-order valence-corrected chi connectivity index (χ0v) is 13.4. The first-order chi connectivity index (χ1) is 11.7. The molecule has 1 aromatic carbocycles. The van der Waals surface area contributed by atoms with Crippen molar-refractivity contribution in [1.29, 1.82) is 0 Å². The summed E-state index contributed by atoms with van der Waals surface area (Å²) in [6.45, 7) is 2.08. The van der Waals surface area contributed by atoms with Crippen LogP contribution in [0.5, 0.6) is 0 Å². The van der Waals surface area contributed by atoms with Crippen molar-refractivity contribution >= 4 is 22.4 Å². The normalized spacial score (nSPS) is 18.2. The summed E-state index contributed by atoms with van der Waals surface area (Å²) < 4.78 is 0. The predicted molar refractivity (Wildman–Crippen MR) is 95.8 cm³/mol. The van der Waals surface area contributed by atoms with Crippen LogP contribution in [0.2, 0.25) is 0 Å². The molecular formula is C18H21N5O. The van der Waals surface area contributed by atoms with Gasteiger partial charge in [-0.15, -0.1) is 0 Å². The van der Waals surface area contributed by atoms with E-state index in [9.17, 15) is 5.11 Å². The van der Waals surface area contributed by atoms with Crippen molar-refractivity contribution < 1.29 is 5.11 Å². The molecule has 0 radical (unpaired) electrons. The second-order valence-corrected chi connectivity index (χ2v) is 6.41. The summed E-state index contributed by atoms with van der Waals surface area (Å²) in [4.78, 5) is 6.83. The highest BCUT2D eigenvalue weighted by molar-refractivity contribution is 5.95. The van der Waals surface area contributed by atoms with E-state index >= 15 is 0 Å². The van der Waals surface area contributed by atoms with Gasteiger partial charge in [0.05, 0.1) is 11.2 Å². The first kappa shape index (κ1) is 15.0. The number of nitrogens with zero attached hydrogens (tertiary/aromatic N) is 3. The Morgan fingerprint density at radius 3 is 3.00 bits per heavy atom. The lowest BCUT2D eigenvalue weighted by molar-refractivity contribution is 0.209. The number of aromatic nitrogens is 3. The molecule has 0 saturated carbocycles. The molecule has 4 rings (SSSR count). The van der Waals surface area contributed by atoms with Crippen LogP contribution in [0.1, 0.15) is 12.8 Å². The minimum Gasteiger partial charge on any atom is -0.396 e. The number of anilines is 2. The Kier molecular flexibility index (Phi) is 3.82. The third-order valence-corrected chi connectivity index (χ3v) is 4.74. The number of nitrogens with one attached hydrogen (secondary N) is 1. The van der Waals surface area contributed by atoms with Crippen molar-refractivity contribution in [3.05, 3.63) is 36.5 Å². The monoisotopic (exact) mass is 323 g/mol. The lowest BCUT2D eigenvalue weighted by atomic mass is 9.97. The molecule has 4 N–H and O–H groups in total. The first-order valence-corrected chi connectivity index (χ1v) is 8.30. The largest absolute Gasteiger partial charge is 0.396 e. The Morgan fingerprint density at radius 1 is 1.29 bits per heavy atom. The Labute approximate surface area is 140 Å². The number of fused-ring (bicyclic) bond motifs is 1. The second kappa shape index (κ2) is 6.13. The molecule has 24 heavy (non-hydrogen) atoms. The average molecular weight is 323 g/mol. The highest BCUT2D eigenvalue weighted by Gasteiger charge is 2.21. The topological polar surface area (TPSA) is 91.1 Å². The van der Waals surface area contributed by atoms with Crippen LogP contribution in [0.4, 0.5) is 11.5 Å². The van der Waals surface area contributed by atoms with Gasteiger partial charge in [-0.2, -0.15) is 5.10 Å². The molecule has 0 aliphatic carbocycles. The van der Waals surface area contributed by atoms with Crippen molar-refractivity contribution in [2.45, 2.75) is 12.8 Å². The molecule has 1 saturated heterocycles. The average Bonchev–Trinajstić information content (AvgIpc) is 3.15. The molecule has 0 amide bonds. The van der Waals surface area contributed by atoms with Gasteiger partial charge in [-0.05, 0) is 30.9 Å². The molecular weight excluding hydrogens is 302 g/mol. The van der Waals surface area contributed by atoms with Gasteiger partial charge >= 0.3 is 0 Å². The summed E-state index contributed by atoms with van der Waals surface area (Å²) in [6.07, 6.45) is 3.90. The summed E-state index contributed by atoms with van der Waals surface area (Å²) in [5.41, 5.74) is 10.0. The van der Waals surface area contributed by atoms with Crippen molar-refractivity contribution in [3.8, 4) is 11.3 Å². The van der Waals surface area contributed by atoms with E-state index in [1.54, 1.807) is 6.20 Å². The van der Waals surface area contributed by atoms with Crippen LogP contribution in [-0.2, 0) is 0 Å². The maximum atomic E-state index is 9.49. The van der Waals surface area contributed by atoms with Crippen LogP contribution < -0.4 is 10.6 Å². The van der Waals surface area contributed by atoms with Gasteiger partial charge in [0, 0.05) is 48.6 Å². The van der Waals surface area contributed by atoms with E-state index in [1.807, 2.05) is 18.2 Å². The van der Waals surface area contributed by atoms with E-state index in [0.29, 0.717) is 11.7 Å². The zero-order valence-electron chi connectivity index (χ0n) is 13.4. The molecule has 3 heterocycles. The predicted octanol–water partition coefficient (Wildman–Crippen LogP) is 2.42. The molecule has 0 spiro atoms. The van der Waals surface area contributed by atoms with Gasteiger partial charge in [-0.1, -0.05) is 12.1 Å². The third-order valence-electron chi connectivity index (χ3n) is 4.74. The highest BCUT2D eigenvalue weighted by atomic mass is 16.3. The SMILES string of the molecule is Nc1cc(N2CCCC(CO)C2)c2ccc(-c3ccn[nH]3)cc2n1. The molecule has 2 aromatic heterocycles. The number of hydrogen-bond acceptors (Lipinski definition) is 5. The van der Waals surface area contributed by atoms with E-state index < -0.39 is 0 Å². The smallest absolute Gasteiger partial charge is 0.126 e. The van der Waals surface area contributed by atoms with Crippen molar-refractivity contribution in [1.82, 2.24) is 15.2 Å². The lowest BCUT2D eigenvalue weighted by Crippen LogP contribution is -2.37. The van der Waals surface area contributed by atoms with Crippen LogP contribution >= 0.6 is 0 Å². The van der Waals surface area contributed by atoms with Gasteiger partial charge < -0.3 is 15.7 Å². The van der Waals surface area contributed by atoms with Crippen LogP contribution in [0.3, 0.4) is 0 Å². The fourth-order valence-electron chi connectivity index (χ4n) is 3.51. The number of piperidine rings is 1. The lowest BCUT2D eigenvalue weighted by Gasteiger charge is -2.34. The molecule has 1 aliphatic heterocycles. The second-order valence-electron chi connectivity index (χ2n) is 6.41. The fourth-order valence-corrected chi connectivity index (χ4v) is 3.51. The molecule has 1 unspecified atom stereocenters. The van der Waals surface area contributed by atoms with Crippen molar-refractivity contribution in [2.75, 3.05) is 30.3 Å². The van der Waals surface area contributed by atoms with E-state index in [4.69, 9.17) is 5.73 Å². The van der Waals surface area contributed by atoms with Crippen molar-refractivity contribution in [3.63, 3.8) is 0 Å². The van der Waals surface area contributed by atoms with Gasteiger partial charge in [-0.25, -0.2) is 4.98 Å². The number of hydrogen-bond donors (Lipinski definition) is 3. The molecule has 1 atom stereocenters.